The third kappa shape index (κ3) is 3.00. The zero-order valence-corrected chi connectivity index (χ0v) is 13.8. The maximum atomic E-state index is 6.03. The Kier molecular flexibility index (Phi) is 4.08. The molecule has 0 spiro atoms. The molecule has 1 saturated heterocycles. The molecule has 2 aromatic rings. The van der Waals surface area contributed by atoms with Gasteiger partial charge in [-0.3, -0.25) is 4.98 Å². The van der Waals surface area contributed by atoms with Crippen molar-refractivity contribution in [3.63, 3.8) is 0 Å². The normalized spacial score (nSPS) is 21.7. The van der Waals surface area contributed by atoms with E-state index in [4.69, 9.17) is 9.47 Å². The number of fused-ring (bicyclic) bond motifs is 3. The third-order valence-electron chi connectivity index (χ3n) is 5.08. The molecular weight excluding hydrogens is 288 g/mol. The van der Waals surface area contributed by atoms with Crippen LogP contribution in [-0.2, 0) is 6.42 Å². The lowest BCUT2D eigenvalue weighted by Crippen LogP contribution is -2.38. The van der Waals surface area contributed by atoms with Crippen molar-refractivity contribution in [2.24, 2.45) is 5.92 Å². The highest BCUT2D eigenvalue weighted by molar-refractivity contribution is 5.85. The van der Waals surface area contributed by atoms with Gasteiger partial charge in [0, 0.05) is 23.4 Å². The number of pyridine rings is 1. The summed E-state index contributed by atoms with van der Waals surface area (Å²) < 4.78 is 11.4. The third-order valence-corrected chi connectivity index (χ3v) is 5.08. The fourth-order valence-electron chi connectivity index (χ4n) is 3.85. The maximum absolute atomic E-state index is 6.03. The van der Waals surface area contributed by atoms with Gasteiger partial charge < -0.3 is 14.4 Å². The van der Waals surface area contributed by atoms with E-state index in [9.17, 15) is 0 Å². The first-order chi connectivity index (χ1) is 11.3. The second-order valence-corrected chi connectivity index (χ2v) is 6.73. The van der Waals surface area contributed by atoms with E-state index in [1.54, 1.807) is 7.11 Å². The molecule has 4 heteroatoms. The van der Waals surface area contributed by atoms with Crippen molar-refractivity contribution in [2.45, 2.75) is 25.7 Å². The largest absolute Gasteiger partial charge is 0.497 e. The fraction of sp³-hybridized carbons (Fsp3) is 0.526. The molecule has 3 heterocycles. The average Bonchev–Trinajstić information content (AvgIpc) is 2.62. The van der Waals surface area contributed by atoms with Crippen LogP contribution in [0.3, 0.4) is 0 Å². The molecule has 1 fully saturated rings. The molecule has 2 aliphatic rings. The smallest absolute Gasteiger partial charge is 0.141 e. The molecular formula is C19H24N2O2. The van der Waals surface area contributed by atoms with Crippen molar-refractivity contribution in [3.05, 3.63) is 30.0 Å². The van der Waals surface area contributed by atoms with Gasteiger partial charge in [0.05, 0.1) is 25.4 Å². The van der Waals surface area contributed by atoms with Gasteiger partial charge in [0.25, 0.3) is 0 Å². The van der Waals surface area contributed by atoms with Crippen LogP contribution >= 0.6 is 0 Å². The summed E-state index contributed by atoms with van der Waals surface area (Å²) >= 11 is 0. The summed E-state index contributed by atoms with van der Waals surface area (Å²) in [6.45, 7) is 4.44. The van der Waals surface area contributed by atoms with Crippen molar-refractivity contribution >= 4 is 10.9 Å². The van der Waals surface area contributed by atoms with Gasteiger partial charge in [0.15, 0.2) is 0 Å². The topological polar surface area (TPSA) is 34.6 Å². The zero-order chi connectivity index (χ0) is 15.6. The van der Waals surface area contributed by atoms with E-state index in [1.165, 1.54) is 43.3 Å². The molecule has 0 bridgehead atoms. The van der Waals surface area contributed by atoms with Crippen molar-refractivity contribution in [2.75, 3.05) is 33.4 Å². The molecule has 0 aliphatic carbocycles. The van der Waals surface area contributed by atoms with Gasteiger partial charge in [-0.25, -0.2) is 0 Å². The number of aromatic nitrogens is 1. The minimum atomic E-state index is 0.567. The minimum Gasteiger partial charge on any atom is -0.497 e. The van der Waals surface area contributed by atoms with Gasteiger partial charge in [-0.1, -0.05) is 6.42 Å². The van der Waals surface area contributed by atoms with Gasteiger partial charge in [0.2, 0.25) is 0 Å². The summed E-state index contributed by atoms with van der Waals surface area (Å²) in [5.41, 5.74) is 2.31. The standard InChI is InChI=1S/C19H24N2O2/c1-22-15-5-6-18-16(10-15)17-9-14(13-23-19(17)11-20-18)12-21-7-3-2-4-8-21/h5-6,10-11,14H,2-4,7-9,12-13H2,1H3. The second kappa shape index (κ2) is 6.36. The first-order valence-electron chi connectivity index (χ1n) is 8.64. The highest BCUT2D eigenvalue weighted by atomic mass is 16.5. The Morgan fingerprint density at radius 1 is 1.26 bits per heavy atom. The summed E-state index contributed by atoms with van der Waals surface area (Å²) in [7, 11) is 1.71. The van der Waals surface area contributed by atoms with E-state index in [2.05, 4.69) is 16.0 Å². The number of rotatable bonds is 3. The van der Waals surface area contributed by atoms with E-state index < -0.39 is 0 Å². The van der Waals surface area contributed by atoms with Gasteiger partial charge in [-0.2, -0.15) is 0 Å². The van der Waals surface area contributed by atoms with E-state index in [0.29, 0.717) is 5.92 Å². The van der Waals surface area contributed by atoms with Crippen LogP contribution in [0.15, 0.2) is 24.4 Å². The molecule has 1 aromatic carbocycles. The summed E-state index contributed by atoms with van der Waals surface area (Å²) in [6, 6.07) is 6.09. The van der Waals surface area contributed by atoms with Crippen LogP contribution < -0.4 is 9.47 Å². The van der Waals surface area contributed by atoms with Gasteiger partial charge in [-0.05, 0) is 50.6 Å². The predicted octanol–water partition coefficient (Wildman–Crippen LogP) is 3.28. The first-order valence-corrected chi connectivity index (χ1v) is 8.64. The molecule has 0 saturated carbocycles. The molecule has 1 unspecified atom stereocenters. The SMILES string of the molecule is COc1ccc2ncc3c(c2c1)CC(CN1CCCCC1)CO3. The maximum Gasteiger partial charge on any atom is 0.141 e. The summed E-state index contributed by atoms with van der Waals surface area (Å²) in [4.78, 5) is 7.12. The number of ether oxygens (including phenoxy) is 2. The molecule has 23 heavy (non-hydrogen) atoms. The summed E-state index contributed by atoms with van der Waals surface area (Å²) in [6.07, 6.45) is 7.01. The van der Waals surface area contributed by atoms with E-state index in [1.807, 2.05) is 18.3 Å². The minimum absolute atomic E-state index is 0.567. The van der Waals surface area contributed by atoms with Crippen molar-refractivity contribution in [3.8, 4) is 11.5 Å². The first kappa shape index (κ1) is 14.8. The van der Waals surface area contributed by atoms with Crippen molar-refractivity contribution in [1.29, 1.82) is 0 Å². The number of benzene rings is 1. The lowest BCUT2D eigenvalue weighted by atomic mass is 9.93. The number of hydrogen-bond donors (Lipinski definition) is 0. The molecule has 122 valence electrons. The van der Waals surface area contributed by atoms with Crippen LogP contribution in [0.1, 0.15) is 24.8 Å². The van der Waals surface area contributed by atoms with E-state index in [0.717, 1.165) is 36.6 Å². The number of hydrogen-bond acceptors (Lipinski definition) is 4. The van der Waals surface area contributed by atoms with Crippen LogP contribution in [0.25, 0.3) is 10.9 Å². The average molecular weight is 312 g/mol. The lowest BCUT2D eigenvalue weighted by Gasteiger charge is -2.33. The molecule has 2 aliphatic heterocycles. The van der Waals surface area contributed by atoms with E-state index >= 15 is 0 Å². The van der Waals surface area contributed by atoms with Crippen LogP contribution in [0.5, 0.6) is 11.5 Å². The lowest BCUT2D eigenvalue weighted by molar-refractivity contribution is 0.144. The summed E-state index contributed by atoms with van der Waals surface area (Å²) in [5.74, 6) is 2.39. The summed E-state index contributed by atoms with van der Waals surface area (Å²) in [5, 5.41) is 1.17. The Balaban J connectivity index is 1.60. The Bertz CT molecular complexity index is 690. The van der Waals surface area contributed by atoms with Crippen LogP contribution in [-0.4, -0.2) is 43.2 Å². The number of nitrogens with zero attached hydrogens (tertiary/aromatic N) is 2. The molecule has 0 amide bonds. The predicted molar refractivity (Wildman–Crippen MR) is 91.3 cm³/mol. The quantitative estimate of drug-likeness (QED) is 0.871. The van der Waals surface area contributed by atoms with Gasteiger partial charge in [0.1, 0.15) is 11.5 Å². The zero-order valence-electron chi connectivity index (χ0n) is 13.8. The van der Waals surface area contributed by atoms with Gasteiger partial charge in [-0.15, -0.1) is 0 Å². The van der Waals surface area contributed by atoms with Crippen molar-refractivity contribution in [1.82, 2.24) is 9.88 Å². The Morgan fingerprint density at radius 3 is 2.96 bits per heavy atom. The second-order valence-electron chi connectivity index (χ2n) is 6.73. The van der Waals surface area contributed by atoms with Crippen LogP contribution in [0.4, 0.5) is 0 Å². The van der Waals surface area contributed by atoms with E-state index in [-0.39, 0.29) is 0 Å². The molecule has 4 rings (SSSR count). The van der Waals surface area contributed by atoms with Gasteiger partial charge >= 0.3 is 0 Å². The van der Waals surface area contributed by atoms with Crippen LogP contribution in [0, 0.1) is 5.92 Å². The number of piperidine rings is 1. The monoisotopic (exact) mass is 312 g/mol. The molecule has 0 N–H and O–H groups in total. The number of likely N-dealkylation sites (tertiary alicyclic amines) is 1. The highest BCUT2D eigenvalue weighted by Crippen LogP contribution is 2.34. The Morgan fingerprint density at radius 2 is 2.13 bits per heavy atom. The van der Waals surface area contributed by atoms with Crippen LogP contribution in [0.2, 0.25) is 0 Å². The Labute approximate surface area is 137 Å². The molecule has 0 radical (unpaired) electrons. The molecule has 1 atom stereocenters. The van der Waals surface area contributed by atoms with Crippen molar-refractivity contribution < 1.29 is 9.47 Å². The fourth-order valence-corrected chi connectivity index (χ4v) is 3.85. The Hall–Kier alpha value is -1.81. The highest BCUT2D eigenvalue weighted by Gasteiger charge is 2.25. The molecule has 4 nitrogen and oxygen atoms in total. The number of methoxy groups -OCH3 is 1. The molecule has 1 aromatic heterocycles.